The molecule has 5 heteroatoms. The summed E-state index contributed by atoms with van der Waals surface area (Å²) in [6, 6.07) is 7.89. The number of β-amino-alcohol motifs (C(OH)–C–C–N with tert-alkyl or cyclic N) is 1. The summed E-state index contributed by atoms with van der Waals surface area (Å²) in [5, 5.41) is 12.5. The lowest BCUT2D eigenvalue weighted by Crippen LogP contribution is -2.42. The molecule has 1 aliphatic rings. The van der Waals surface area contributed by atoms with Gasteiger partial charge in [-0.3, -0.25) is 4.79 Å². The van der Waals surface area contributed by atoms with Gasteiger partial charge in [-0.05, 0) is 30.5 Å². The van der Waals surface area contributed by atoms with Crippen LogP contribution in [0.2, 0.25) is 0 Å². The fourth-order valence-electron chi connectivity index (χ4n) is 2.23. The van der Waals surface area contributed by atoms with Crippen LogP contribution in [0.3, 0.4) is 0 Å². The molecule has 0 spiro atoms. The summed E-state index contributed by atoms with van der Waals surface area (Å²) in [6.07, 6.45) is 0.959. The Balaban J connectivity index is 1.82. The van der Waals surface area contributed by atoms with Crippen LogP contribution in [-0.2, 0) is 11.2 Å². The monoisotopic (exact) mass is 326 g/mol. The van der Waals surface area contributed by atoms with Gasteiger partial charge < -0.3 is 15.3 Å². The molecule has 0 aliphatic carbocycles. The minimum atomic E-state index is -0.395. The van der Waals surface area contributed by atoms with Gasteiger partial charge in [0.05, 0.1) is 12.1 Å². The van der Waals surface area contributed by atoms with Crippen molar-refractivity contribution in [3.8, 4) is 0 Å². The quantitative estimate of drug-likeness (QED) is 0.873. The Morgan fingerprint density at radius 2 is 2.16 bits per heavy atom. The highest BCUT2D eigenvalue weighted by Crippen LogP contribution is 2.12. The van der Waals surface area contributed by atoms with E-state index in [2.05, 4.69) is 33.4 Å². The highest BCUT2D eigenvalue weighted by atomic mass is 79.9. The highest BCUT2D eigenvalue weighted by molar-refractivity contribution is 9.10. The SMILES string of the molecule is CN(CCc1ccc(Br)cc1)C(=O)C1CC(O)CN1. The van der Waals surface area contributed by atoms with Crippen molar-refractivity contribution in [2.45, 2.75) is 25.0 Å². The van der Waals surface area contributed by atoms with E-state index in [9.17, 15) is 9.90 Å². The van der Waals surface area contributed by atoms with E-state index in [1.807, 2.05) is 19.2 Å². The molecule has 2 unspecified atom stereocenters. The largest absolute Gasteiger partial charge is 0.392 e. The van der Waals surface area contributed by atoms with Crippen LogP contribution in [0, 0.1) is 0 Å². The lowest BCUT2D eigenvalue weighted by molar-refractivity contribution is -0.131. The third kappa shape index (κ3) is 4.03. The number of rotatable bonds is 4. The standard InChI is InChI=1S/C14H19BrN2O2/c1-17(14(19)13-8-12(18)9-16-13)7-6-10-2-4-11(15)5-3-10/h2-5,12-13,16,18H,6-9H2,1H3. The van der Waals surface area contributed by atoms with Gasteiger partial charge in [0.15, 0.2) is 0 Å². The Kier molecular flexibility index (Phi) is 4.96. The van der Waals surface area contributed by atoms with Gasteiger partial charge in [0.2, 0.25) is 5.91 Å². The molecule has 1 saturated heterocycles. The fraction of sp³-hybridized carbons (Fsp3) is 0.500. The van der Waals surface area contributed by atoms with E-state index in [1.165, 1.54) is 5.56 Å². The van der Waals surface area contributed by atoms with Gasteiger partial charge in [0, 0.05) is 24.6 Å². The fourth-order valence-corrected chi connectivity index (χ4v) is 2.49. The zero-order valence-corrected chi connectivity index (χ0v) is 12.6. The van der Waals surface area contributed by atoms with Crippen LogP contribution >= 0.6 is 15.9 Å². The smallest absolute Gasteiger partial charge is 0.239 e. The zero-order chi connectivity index (χ0) is 13.8. The molecule has 1 aromatic carbocycles. The van der Waals surface area contributed by atoms with Crippen LogP contribution in [-0.4, -0.2) is 48.2 Å². The summed E-state index contributed by atoms with van der Waals surface area (Å²) in [4.78, 5) is 13.8. The van der Waals surface area contributed by atoms with Crippen LogP contribution < -0.4 is 5.32 Å². The number of aliphatic hydroxyl groups excluding tert-OH is 1. The van der Waals surface area contributed by atoms with Crippen molar-refractivity contribution >= 4 is 21.8 Å². The molecule has 2 rings (SSSR count). The average molecular weight is 327 g/mol. The first-order valence-electron chi connectivity index (χ1n) is 6.47. The average Bonchev–Trinajstić information content (AvgIpc) is 2.83. The zero-order valence-electron chi connectivity index (χ0n) is 11.0. The highest BCUT2D eigenvalue weighted by Gasteiger charge is 2.29. The van der Waals surface area contributed by atoms with Crippen molar-refractivity contribution in [3.05, 3.63) is 34.3 Å². The number of halogens is 1. The van der Waals surface area contributed by atoms with E-state index >= 15 is 0 Å². The second-order valence-corrected chi connectivity index (χ2v) is 5.90. The Morgan fingerprint density at radius 1 is 1.47 bits per heavy atom. The van der Waals surface area contributed by atoms with Gasteiger partial charge in [0.1, 0.15) is 0 Å². The summed E-state index contributed by atoms with van der Waals surface area (Å²) in [5.74, 6) is 0.0636. The molecule has 2 N–H and O–H groups in total. The molecule has 0 radical (unpaired) electrons. The van der Waals surface area contributed by atoms with E-state index in [0.717, 1.165) is 10.9 Å². The molecule has 2 atom stereocenters. The number of nitrogens with one attached hydrogen (secondary N) is 1. The third-order valence-corrected chi connectivity index (χ3v) is 3.96. The topological polar surface area (TPSA) is 52.6 Å². The third-order valence-electron chi connectivity index (χ3n) is 3.43. The summed E-state index contributed by atoms with van der Waals surface area (Å²) in [6.45, 7) is 1.20. The molecule has 4 nitrogen and oxygen atoms in total. The molecule has 0 saturated carbocycles. The number of hydrogen-bond acceptors (Lipinski definition) is 3. The first-order chi connectivity index (χ1) is 9.06. The van der Waals surface area contributed by atoms with E-state index in [4.69, 9.17) is 0 Å². The van der Waals surface area contributed by atoms with E-state index < -0.39 is 6.10 Å². The first kappa shape index (κ1) is 14.5. The van der Waals surface area contributed by atoms with Crippen LogP contribution in [0.5, 0.6) is 0 Å². The Bertz CT molecular complexity index is 436. The van der Waals surface area contributed by atoms with Crippen LogP contribution in [0.15, 0.2) is 28.7 Å². The molecule has 0 bridgehead atoms. The normalized spacial score (nSPS) is 22.5. The van der Waals surface area contributed by atoms with Crippen molar-refractivity contribution in [3.63, 3.8) is 0 Å². The van der Waals surface area contributed by atoms with Gasteiger partial charge in [-0.15, -0.1) is 0 Å². The molecule has 1 heterocycles. The first-order valence-corrected chi connectivity index (χ1v) is 7.26. The predicted molar refractivity (Wildman–Crippen MR) is 77.9 cm³/mol. The Morgan fingerprint density at radius 3 is 2.74 bits per heavy atom. The van der Waals surface area contributed by atoms with Crippen molar-refractivity contribution in [2.75, 3.05) is 20.1 Å². The van der Waals surface area contributed by atoms with Crippen LogP contribution in [0.4, 0.5) is 0 Å². The van der Waals surface area contributed by atoms with Crippen molar-refractivity contribution < 1.29 is 9.90 Å². The summed E-state index contributed by atoms with van der Waals surface area (Å²) in [5.41, 5.74) is 1.21. The second-order valence-electron chi connectivity index (χ2n) is 4.99. The molecular formula is C14H19BrN2O2. The number of carbonyl (C=O) groups is 1. The maximum absolute atomic E-state index is 12.1. The predicted octanol–water partition coefficient (Wildman–Crippen LogP) is 1.17. The van der Waals surface area contributed by atoms with Gasteiger partial charge in [-0.2, -0.15) is 0 Å². The molecule has 1 aliphatic heterocycles. The van der Waals surface area contributed by atoms with E-state index in [1.54, 1.807) is 4.90 Å². The minimum Gasteiger partial charge on any atom is -0.392 e. The van der Waals surface area contributed by atoms with Crippen molar-refractivity contribution in [2.24, 2.45) is 0 Å². The number of likely N-dealkylation sites (N-methyl/N-ethyl adjacent to an activating group) is 1. The van der Waals surface area contributed by atoms with Crippen molar-refractivity contribution in [1.29, 1.82) is 0 Å². The number of hydrogen-bond donors (Lipinski definition) is 2. The second kappa shape index (κ2) is 6.50. The maximum Gasteiger partial charge on any atom is 0.239 e. The van der Waals surface area contributed by atoms with Crippen molar-refractivity contribution in [1.82, 2.24) is 10.2 Å². The molecule has 104 valence electrons. The summed E-state index contributed by atoms with van der Waals surface area (Å²) >= 11 is 3.40. The number of aliphatic hydroxyl groups is 1. The van der Waals surface area contributed by atoms with Gasteiger partial charge in [-0.1, -0.05) is 28.1 Å². The maximum atomic E-state index is 12.1. The van der Waals surface area contributed by atoms with Gasteiger partial charge in [0.25, 0.3) is 0 Å². The Hall–Kier alpha value is -0.910. The van der Waals surface area contributed by atoms with Gasteiger partial charge >= 0.3 is 0 Å². The Labute approximate surface area is 121 Å². The number of amides is 1. The van der Waals surface area contributed by atoms with Gasteiger partial charge in [-0.25, -0.2) is 0 Å². The minimum absolute atomic E-state index is 0.0636. The van der Waals surface area contributed by atoms with Crippen LogP contribution in [0.25, 0.3) is 0 Å². The molecule has 0 aromatic heterocycles. The summed E-state index contributed by atoms with van der Waals surface area (Å²) < 4.78 is 1.06. The van der Waals surface area contributed by atoms with E-state index in [-0.39, 0.29) is 11.9 Å². The van der Waals surface area contributed by atoms with Crippen LogP contribution in [0.1, 0.15) is 12.0 Å². The molecule has 1 amide bonds. The molecule has 19 heavy (non-hydrogen) atoms. The summed E-state index contributed by atoms with van der Waals surface area (Å²) in [7, 11) is 1.81. The number of carbonyl (C=O) groups excluding carboxylic acids is 1. The lowest BCUT2D eigenvalue weighted by Gasteiger charge is -2.21. The molecular weight excluding hydrogens is 308 g/mol. The molecule has 1 aromatic rings. The lowest BCUT2D eigenvalue weighted by atomic mass is 10.1. The molecule has 1 fully saturated rings. The number of benzene rings is 1. The van der Waals surface area contributed by atoms with E-state index in [0.29, 0.717) is 19.5 Å². The number of nitrogens with zero attached hydrogens (tertiary/aromatic N) is 1.